The van der Waals surface area contributed by atoms with Gasteiger partial charge in [0.05, 0.1) is 11.8 Å². The fourth-order valence-electron chi connectivity index (χ4n) is 1.66. The van der Waals surface area contributed by atoms with Gasteiger partial charge in [-0.1, -0.05) is 0 Å². The first-order valence-electron chi connectivity index (χ1n) is 6.46. The summed E-state index contributed by atoms with van der Waals surface area (Å²) >= 11 is 0. The first-order valence-corrected chi connectivity index (χ1v) is 6.46. The van der Waals surface area contributed by atoms with E-state index in [-0.39, 0.29) is 18.8 Å². The van der Waals surface area contributed by atoms with Crippen LogP contribution in [0.5, 0.6) is 0 Å². The van der Waals surface area contributed by atoms with Crippen LogP contribution in [0.25, 0.3) is 0 Å². The Kier molecular flexibility index (Phi) is 5.23. The van der Waals surface area contributed by atoms with Crippen LogP contribution in [0.3, 0.4) is 0 Å². The first kappa shape index (κ1) is 16.4. The van der Waals surface area contributed by atoms with Gasteiger partial charge in [-0.15, -0.1) is 0 Å². The van der Waals surface area contributed by atoms with Gasteiger partial charge in [0.15, 0.2) is 17.5 Å². The summed E-state index contributed by atoms with van der Waals surface area (Å²) in [5.74, 6) is -6.07. The van der Waals surface area contributed by atoms with Gasteiger partial charge in [-0.25, -0.2) is 18.2 Å². The number of aromatic nitrogens is 2. The van der Waals surface area contributed by atoms with Gasteiger partial charge in [0.25, 0.3) is 11.8 Å². The summed E-state index contributed by atoms with van der Waals surface area (Å²) in [7, 11) is 0. The van der Waals surface area contributed by atoms with Crippen molar-refractivity contribution in [2.24, 2.45) is 0 Å². The van der Waals surface area contributed by atoms with Crippen LogP contribution in [0.2, 0.25) is 0 Å². The summed E-state index contributed by atoms with van der Waals surface area (Å²) < 4.78 is 39.2. The monoisotopic (exact) mass is 324 g/mol. The van der Waals surface area contributed by atoms with E-state index >= 15 is 0 Å². The van der Waals surface area contributed by atoms with Crippen LogP contribution in [0, 0.1) is 17.5 Å². The zero-order chi connectivity index (χ0) is 16.8. The number of amides is 2. The van der Waals surface area contributed by atoms with Crippen molar-refractivity contribution in [2.75, 3.05) is 13.1 Å². The highest BCUT2D eigenvalue weighted by Crippen LogP contribution is 2.14. The van der Waals surface area contributed by atoms with E-state index in [1.165, 1.54) is 18.6 Å². The summed E-state index contributed by atoms with van der Waals surface area (Å²) in [5.41, 5.74) is -0.519. The molecule has 0 saturated heterocycles. The molecule has 6 nitrogen and oxygen atoms in total. The third-order valence-corrected chi connectivity index (χ3v) is 2.77. The lowest BCUT2D eigenvalue weighted by Crippen LogP contribution is -2.35. The Balaban J connectivity index is 1.84. The Morgan fingerprint density at radius 1 is 0.957 bits per heavy atom. The van der Waals surface area contributed by atoms with Gasteiger partial charge >= 0.3 is 0 Å². The molecule has 1 aromatic carbocycles. The fourth-order valence-corrected chi connectivity index (χ4v) is 1.66. The van der Waals surface area contributed by atoms with Gasteiger partial charge in [-0.05, 0) is 12.1 Å². The summed E-state index contributed by atoms with van der Waals surface area (Å²) in [5, 5.41) is 4.73. The van der Waals surface area contributed by atoms with Crippen molar-refractivity contribution in [1.29, 1.82) is 0 Å². The average molecular weight is 324 g/mol. The summed E-state index contributed by atoms with van der Waals surface area (Å²) in [4.78, 5) is 30.8. The second-order valence-electron chi connectivity index (χ2n) is 4.33. The molecule has 120 valence electrons. The number of carbonyl (C=O) groups excluding carboxylic acids is 2. The first-order chi connectivity index (χ1) is 11.0. The van der Waals surface area contributed by atoms with E-state index in [2.05, 4.69) is 20.6 Å². The maximum Gasteiger partial charge on any atom is 0.271 e. The number of nitrogens with one attached hydrogen (secondary N) is 2. The van der Waals surface area contributed by atoms with E-state index in [4.69, 9.17) is 0 Å². The molecule has 23 heavy (non-hydrogen) atoms. The van der Waals surface area contributed by atoms with Gasteiger partial charge in [-0.2, -0.15) is 0 Å². The molecule has 0 fully saturated rings. The average Bonchev–Trinajstić information content (AvgIpc) is 2.57. The molecule has 1 aromatic heterocycles. The lowest BCUT2D eigenvalue weighted by atomic mass is 10.2. The number of nitrogens with zero attached hydrogens (tertiary/aromatic N) is 2. The van der Waals surface area contributed by atoms with Crippen LogP contribution < -0.4 is 10.6 Å². The normalized spacial score (nSPS) is 10.2. The number of carbonyl (C=O) groups is 2. The molecule has 9 heteroatoms. The van der Waals surface area contributed by atoms with Crippen LogP contribution in [-0.2, 0) is 0 Å². The van der Waals surface area contributed by atoms with E-state index < -0.39 is 34.8 Å². The van der Waals surface area contributed by atoms with Gasteiger partial charge in [-0.3, -0.25) is 14.6 Å². The van der Waals surface area contributed by atoms with Crippen molar-refractivity contribution in [3.63, 3.8) is 0 Å². The maximum atomic E-state index is 13.4. The van der Waals surface area contributed by atoms with Crippen LogP contribution in [0.1, 0.15) is 20.8 Å². The van der Waals surface area contributed by atoms with Gasteiger partial charge in [0, 0.05) is 25.5 Å². The Morgan fingerprint density at radius 3 is 2.30 bits per heavy atom. The Morgan fingerprint density at radius 2 is 1.65 bits per heavy atom. The van der Waals surface area contributed by atoms with E-state index in [1.807, 2.05) is 0 Å². The molecule has 2 aromatic rings. The van der Waals surface area contributed by atoms with Crippen LogP contribution >= 0.6 is 0 Å². The van der Waals surface area contributed by atoms with E-state index in [1.54, 1.807) is 0 Å². The van der Waals surface area contributed by atoms with E-state index in [0.29, 0.717) is 6.07 Å². The Hall–Kier alpha value is -2.97. The molecule has 2 N–H and O–H groups in total. The highest BCUT2D eigenvalue weighted by Gasteiger charge is 2.18. The molecule has 0 atom stereocenters. The van der Waals surface area contributed by atoms with Crippen LogP contribution in [0.4, 0.5) is 13.2 Å². The third kappa shape index (κ3) is 4.02. The van der Waals surface area contributed by atoms with Crippen molar-refractivity contribution in [3.05, 3.63) is 59.4 Å². The summed E-state index contributed by atoms with van der Waals surface area (Å²) in [6.45, 7) is -0.00425. The zero-order valence-electron chi connectivity index (χ0n) is 11.6. The quantitative estimate of drug-likeness (QED) is 0.636. The minimum atomic E-state index is -1.71. The molecule has 0 bridgehead atoms. The predicted molar refractivity (Wildman–Crippen MR) is 73.0 cm³/mol. The van der Waals surface area contributed by atoms with Crippen molar-refractivity contribution in [1.82, 2.24) is 20.6 Å². The van der Waals surface area contributed by atoms with Crippen molar-refractivity contribution < 1.29 is 22.8 Å². The zero-order valence-corrected chi connectivity index (χ0v) is 11.6. The molecular weight excluding hydrogens is 313 g/mol. The van der Waals surface area contributed by atoms with E-state index in [0.717, 1.165) is 6.07 Å². The molecule has 2 amide bonds. The molecule has 0 aliphatic heterocycles. The summed E-state index contributed by atoms with van der Waals surface area (Å²) in [6, 6.07) is 1.49. The number of halogens is 3. The molecule has 0 aliphatic rings. The minimum Gasteiger partial charge on any atom is -0.350 e. The van der Waals surface area contributed by atoms with Crippen LogP contribution in [-0.4, -0.2) is 34.9 Å². The number of benzene rings is 1. The van der Waals surface area contributed by atoms with Crippen molar-refractivity contribution >= 4 is 11.8 Å². The highest BCUT2D eigenvalue weighted by molar-refractivity contribution is 5.94. The van der Waals surface area contributed by atoms with Crippen molar-refractivity contribution in [3.8, 4) is 0 Å². The van der Waals surface area contributed by atoms with Gasteiger partial charge in [0.2, 0.25) is 0 Å². The minimum absolute atomic E-state index is 0.0342. The molecule has 0 saturated carbocycles. The highest BCUT2D eigenvalue weighted by atomic mass is 19.2. The second-order valence-corrected chi connectivity index (χ2v) is 4.33. The Labute approximate surface area is 128 Å². The third-order valence-electron chi connectivity index (χ3n) is 2.77. The lowest BCUT2D eigenvalue weighted by molar-refractivity contribution is 0.0922. The number of rotatable bonds is 5. The SMILES string of the molecule is O=C(NCCNC(=O)c1ccc(F)c(F)c1F)c1cnccn1. The standard InChI is InChI=1S/C14H11F3N4O2/c15-9-2-1-8(11(16)12(9)17)13(22)20-5-6-21-14(23)10-7-18-3-4-19-10/h1-4,7H,5-6H2,(H,20,22)(H,21,23). The largest absolute Gasteiger partial charge is 0.350 e. The number of hydrogen-bond acceptors (Lipinski definition) is 4. The molecule has 0 aliphatic carbocycles. The second kappa shape index (κ2) is 7.34. The Bertz CT molecular complexity index is 725. The molecule has 1 heterocycles. The molecule has 0 unspecified atom stereocenters. The predicted octanol–water partition coefficient (Wildman–Crippen LogP) is 1.05. The smallest absolute Gasteiger partial charge is 0.271 e. The molecular formula is C14H11F3N4O2. The molecule has 2 rings (SSSR count). The fraction of sp³-hybridized carbons (Fsp3) is 0.143. The molecule has 0 radical (unpaired) electrons. The molecule has 0 spiro atoms. The van der Waals surface area contributed by atoms with Crippen molar-refractivity contribution in [2.45, 2.75) is 0 Å². The maximum absolute atomic E-state index is 13.4. The lowest BCUT2D eigenvalue weighted by Gasteiger charge is -2.08. The van der Waals surface area contributed by atoms with Gasteiger partial charge in [0.1, 0.15) is 5.69 Å². The number of hydrogen-bond donors (Lipinski definition) is 2. The van der Waals surface area contributed by atoms with Gasteiger partial charge < -0.3 is 10.6 Å². The van der Waals surface area contributed by atoms with Crippen LogP contribution in [0.15, 0.2) is 30.7 Å². The topological polar surface area (TPSA) is 84.0 Å². The van der Waals surface area contributed by atoms with E-state index in [9.17, 15) is 22.8 Å². The summed E-state index contributed by atoms with van der Waals surface area (Å²) in [6.07, 6.45) is 4.03.